The number of nitro groups is 2. The van der Waals surface area contributed by atoms with Crippen LogP contribution in [0.5, 0.6) is 0 Å². The molecule has 0 atom stereocenters. The van der Waals surface area contributed by atoms with E-state index >= 15 is 0 Å². The number of hydrogen-bond donors (Lipinski definition) is 3. The van der Waals surface area contributed by atoms with Gasteiger partial charge in [0.2, 0.25) is 0 Å². The minimum atomic E-state index is -0.663. The highest BCUT2D eigenvalue weighted by Gasteiger charge is 2.25. The van der Waals surface area contributed by atoms with Gasteiger partial charge in [0, 0.05) is 16.8 Å². The maximum absolute atomic E-state index is 11.8. The van der Waals surface area contributed by atoms with E-state index in [1.165, 1.54) is 12.3 Å². The summed E-state index contributed by atoms with van der Waals surface area (Å²) >= 11 is 1.64. The molecule has 0 amide bonds. The molecule has 11 heteroatoms. The third-order valence-corrected chi connectivity index (χ3v) is 5.76. The lowest BCUT2D eigenvalue weighted by Gasteiger charge is -2.15. The Morgan fingerprint density at radius 3 is 1.89 bits per heavy atom. The third-order valence-electron chi connectivity index (χ3n) is 5.01. The van der Waals surface area contributed by atoms with Crippen LogP contribution in [0.25, 0.3) is 0 Å². The molecule has 1 heterocycles. The number of nitro benzene ring substituents is 2. The Hall–Kier alpha value is -4.64. The Kier molecular flexibility index (Phi) is 7.07. The quantitative estimate of drug-likeness (QED) is 0.131. The van der Waals surface area contributed by atoms with Crippen molar-refractivity contribution in [3.05, 3.63) is 105 Å². The number of anilines is 6. The van der Waals surface area contributed by atoms with Crippen molar-refractivity contribution in [3.63, 3.8) is 0 Å². The first-order valence-electron chi connectivity index (χ1n) is 10.4. The molecule has 0 fully saturated rings. The van der Waals surface area contributed by atoms with Crippen molar-refractivity contribution in [2.75, 3.05) is 22.2 Å². The van der Waals surface area contributed by atoms with Gasteiger partial charge in [-0.15, -0.1) is 11.8 Å². The minimum absolute atomic E-state index is 0.0918. The van der Waals surface area contributed by atoms with Crippen molar-refractivity contribution in [2.45, 2.75) is 4.90 Å². The molecule has 0 saturated carbocycles. The van der Waals surface area contributed by atoms with Gasteiger partial charge in [0.1, 0.15) is 11.4 Å². The lowest BCUT2D eigenvalue weighted by atomic mass is 10.1. The van der Waals surface area contributed by atoms with E-state index in [2.05, 4.69) is 20.9 Å². The first-order valence-corrected chi connectivity index (χ1v) is 11.6. The maximum atomic E-state index is 11.8. The Bertz CT molecular complexity index is 1370. The van der Waals surface area contributed by atoms with Crippen molar-refractivity contribution in [2.24, 2.45) is 0 Å². The Morgan fingerprint density at radius 2 is 1.31 bits per heavy atom. The number of pyridine rings is 1. The van der Waals surface area contributed by atoms with Crippen LogP contribution in [0, 0.1) is 20.2 Å². The monoisotopic (exact) mass is 488 g/mol. The zero-order valence-electron chi connectivity index (χ0n) is 18.5. The molecule has 0 spiro atoms. The molecule has 0 aliphatic carbocycles. The number of rotatable bonds is 9. The average Bonchev–Trinajstić information content (AvgIpc) is 2.86. The Morgan fingerprint density at radius 1 is 0.714 bits per heavy atom. The van der Waals surface area contributed by atoms with E-state index in [1.807, 2.05) is 42.7 Å². The van der Waals surface area contributed by atoms with Crippen LogP contribution in [0.4, 0.5) is 45.5 Å². The fraction of sp³-hybridized carbons (Fsp3) is 0.0417. The Labute approximate surface area is 204 Å². The summed E-state index contributed by atoms with van der Waals surface area (Å²) in [5, 5.41) is 32.7. The van der Waals surface area contributed by atoms with E-state index < -0.39 is 21.2 Å². The van der Waals surface area contributed by atoms with E-state index in [-0.39, 0.29) is 11.4 Å². The molecule has 35 heavy (non-hydrogen) atoms. The van der Waals surface area contributed by atoms with Crippen LogP contribution in [0.3, 0.4) is 0 Å². The fourth-order valence-electron chi connectivity index (χ4n) is 3.35. The molecule has 0 saturated heterocycles. The standard InChI is InChI=1S/C24H20N6O4S/c1-35-18-10-8-16(9-11-18)26-19-6-2-3-7-20(19)28-22-13-21(27-17-5-4-12-25-15-17)23(29(31)32)14-24(22)30(33)34/h2-15,26-28H,1H3. The molecule has 0 aliphatic rings. The second-order valence-corrected chi connectivity index (χ2v) is 8.17. The van der Waals surface area contributed by atoms with Crippen LogP contribution < -0.4 is 16.0 Å². The van der Waals surface area contributed by atoms with E-state index in [0.717, 1.165) is 16.6 Å². The molecule has 3 aromatic carbocycles. The first-order chi connectivity index (χ1) is 16.9. The zero-order valence-corrected chi connectivity index (χ0v) is 19.3. The summed E-state index contributed by atoms with van der Waals surface area (Å²) in [6.07, 6.45) is 5.07. The summed E-state index contributed by atoms with van der Waals surface area (Å²) in [5.74, 6) is 0. The van der Waals surface area contributed by atoms with Gasteiger partial charge in [-0.2, -0.15) is 0 Å². The molecule has 4 aromatic rings. The summed E-state index contributed by atoms with van der Waals surface area (Å²) in [7, 11) is 0. The van der Waals surface area contributed by atoms with Gasteiger partial charge in [-0.05, 0) is 60.9 Å². The molecule has 1 aromatic heterocycles. The molecular formula is C24H20N6O4S. The van der Waals surface area contributed by atoms with E-state index in [9.17, 15) is 20.2 Å². The lowest BCUT2D eigenvalue weighted by molar-refractivity contribution is -0.393. The molecule has 0 unspecified atom stereocenters. The number of hydrogen-bond acceptors (Lipinski definition) is 9. The molecule has 176 valence electrons. The SMILES string of the molecule is CSc1ccc(Nc2ccccc2Nc2cc(Nc3cccnc3)c([N+](=O)[O-])cc2[N+](=O)[O-])cc1. The predicted molar refractivity (Wildman–Crippen MR) is 139 cm³/mol. The van der Waals surface area contributed by atoms with Crippen LogP contribution in [0.2, 0.25) is 0 Å². The van der Waals surface area contributed by atoms with Crippen LogP contribution in [-0.4, -0.2) is 21.1 Å². The van der Waals surface area contributed by atoms with Crippen LogP contribution in [-0.2, 0) is 0 Å². The minimum Gasteiger partial charge on any atom is -0.354 e. The predicted octanol–water partition coefficient (Wildman–Crippen LogP) is 6.85. The second-order valence-electron chi connectivity index (χ2n) is 7.29. The van der Waals surface area contributed by atoms with E-state index in [4.69, 9.17) is 0 Å². The molecule has 0 radical (unpaired) electrons. The van der Waals surface area contributed by atoms with Gasteiger partial charge in [0.15, 0.2) is 0 Å². The summed E-state index contributed by atoms with van der Waals surface area (Å²) in [6, 6.07) is 20.7. The maximum Gasteiger partial charge on any atom is 0.299 e. The van der Waals surface area contributed by atoms with Crippen molar-refractivity contribution in [1.29, 1.82) is 0 Å². The summed E-state index contributed by atoms with van der Waals surface area (Å²) < 4.78 is 0. The van der Waals surface area contributed by atoms with Crippen molar-refractivity contribution >= 4 is 57.3 Å². The first kappa shape index (κ1) is 23.5. The molecule has 3 N–H and O–H groups in total. The number of nitrogens with one attached hydrogen (secondary N) is 3. The van der Waals surface area contributed by atoms with Gasteiger partial charge in [0.05, 0.1) is 39.2 Å². The lowest BCUT2D eigenvalue weighted by Crippen LogP contribution is -2.04. The Balaban J connectivity index is 1.72. The van der Waals surface area contributed by atoms with Gasteiger partial charge in [-0.25, -0.2) is 0 Å². The largest absolute Gasteiger partial charge is 0.354 e. The highest BCUT2D eigenvalue weighted by atomic mass is 32.2. The number of benzene rings is 3. The molecule has 0 bridgehead atoms. The van der Waals surface area contributed by atoms with Crippen LogP contribution >= 0.6 is 11.8 Å². The van der Waals surface area contributed by atoms with Gasteiger partial charge < -0.3 is 16.0 Å². The van der Waals surface area contributed by atoms with Gasteiger partial charge in [-0.3, -0.25) is 25.2 Å². The van der Waals surface area contributed by atoms with E-state index in [0.29, 0.717) is 17.1 Å². The summed E-state index contributed by atoms with van der Waals surface area (Å²) in [4.78, 5) is 27.2. The molecule has 0 aliphatic heterocycles. The number of para-hydroxylation sites is 2. The summed E-state index contributed by atoms with van der Waals surface area (Å²) in [5.41, 5.74) is 1.93. The van der Waals surface area contributed by atoms with Crippen molar-refractivity contribution in [1.82, 2.24) is 4.98 Å². The van der Waals surface area contributed by atoms with Gasteiger partial charge in [0.25, 0.3) is 11.4 Å². The molecular weight excluding hydrogens is 468 g/mol. The topological polar surface area (TPSA) is 135 Å². The zero-order chi connectivity index (χ0) is 24.8. The fourth-order valence-corrected chi connectivity index (χ4v) is 3.76. The number of thioether (sulfide) groups is 1. The highest BCUT2D eigenvalue weighted by molar-refractivity contribution is 7.98. The molecule has 4 rings (SSSR count). The van der Waals surface area contributed by atoms with Crippen LogP contribution in [0.15, 0.2) is 90.1 Å². The third kappa shape index (κ3) is 5.65. The summed E-state index contributed by atoms with van der Waals surface area (Å²) in [6.45, 7) is 0. The number of nitrogens with zero attached hydrogens (tertiary/aromatic N) is 3. The van der Waals surface area contributed by atoms with E-state index in [1.54, 1.807) is 42.2 Å². The normalized spacial score (nSPS) is 10.4. The smallest absolute Gasteiger partial charge is 0.299 e. The van der Waals surface area contributed by atoms with Gasteiger partial charge >= 0.3 is 0 Å². The second kappa shape index (κ2) is 10.5. The van der Waals surface area contributed by atoms with Crippen molar-refractivity contribution in [3.8, 4) is 0 Å². The average molecular weight is 489 g/mol. The van der Waals surface area contributed by atoms with Gasteiger partial charge in [-0.1, -0.05) is 12.1 Å². The highest BCUT2D eigenvalue weighted by Crippen LogP contribution is 2.40. The number of aromatic nitrogens is 1. The molecule has 10 nitrogen and oxygen atoms in total. The van der Waals surface area contributed by atoms with Crippen LogP contribution in [0.1, 0.15) is 0 Å². The van der Waals surface area contributed by atoms with Crippen molar-refractivity contribution < 1.29 is 9.85 Å².